The van der Waals surface area contributed by atoms with Crippen LogP contribution in [0.25, 0.3) is 0 Å². The number of hydrogen-bond acceptors (Lipinski definition) is 4. The quantitative estimate of drug-likeness (QED) is 0.939. The number of rotatable bonds is 4. The molecule has 21 heavy (non-hydrogen) atoms. The highest BCUT2D eigenvalue weighted by molar-refractivity contribution is 7.07. The van der Waals surface area contributed by atoms with Crippen molar-refractivity contribution in [3.05, 3.63) is 52.5 Å². The fourth-order valence-electron chi connectivity index (χ4n) is 2.99. The minimum Gasteiger partial charge on any atom is -0.311 e. The van der Waals surface area contributed by atoms with E-state index in [0.29, 0.717) is 18.0 Å². The zero-order valence-electron chi connectivity index (χ0n) is 12.7. The zero-order valence-corrected chi connectivity index (χ0v) is 13.5. The minimum atomic E-state index is 0.433. The van der Waals surface area contributed by atoms with Crippen molar-refractivity contribution in [2.75, 3.05) is 13.1 Å². The first-order chi connectivity index (χ1) is 10.2. The second-order valence-corrected chi connectivity index (χ2v) is 6.81. The third kappa shape index (κ3) is 3.51. The summed E-state index contributed by atoms with van der Waals surface area (Å²) in [6.45, 7) is 7.61. The van der Waals surface area contributed by atoms with Gasteiger partial charge in [-0.2, -0.15) is 0 Å². The second-order valence-electron chi connectivity index (χ2n) is 6.09. The van der Waals surface area contributed by atoms with Crippen molar-refractivity contribution >= 4 is 11.3 Å². The molecule has 3 nitrogen and oxygen atoms in total. The molecular weight excluding hydrogens is 278 g/mol. The summed E-state index contributed by atoms with van der Waals surface area (Å²) in [5, 5.41) is 5.88. The highest BCUT2D eigenvalue weighted by Gasteiger charge is 2.30. The molecule has 1 aliphatic heterocycles. The van der Waals surface area contributed by atoms with E-state index >= 15 is 0 Å². The lowest BCUT2D eigenvalue weighted by Gasteiger charge is -2.42. The van der Waals surface area contributed by atoms with Crippen LogP contribution in [0.2, 0.25) is 0 Å². The standard InChI is InChI=1S/C17H23N3S/c1-13(2)16-10-20(9-15-11-21-12-19-15)17(8-18-16)14-6-4-3-5-7-14/h3-7,11-13,16-18H,8-10H2,1-2H3. The van der Waals surface area contributed by atoms with E-state index in [1.165, 1.54) is 11.3 Å². The summed E-state index contributed by atoms with van der Waals surface area (Å²) in [7, 11) is 0. The van der Waals surface area contributed by atoms with E-state index in [-0.39, 0.29) is 0 Å². The van der Waals surface area contributed by atoms with Crippen LogP contribution in [-0.4, -0.2) is 29.0 Å². The highest BCUT2D eigenvalue weighted by Crippen LogP contribution is 2.27. The van der Waals surface area contributed by atoms with E-state index in [1.54, 1.807) is 11.3 Å². The Balaban J connectivity index is 1.80. The van der Waals surface area contributed by atoms with Crippen LogP contribution in [0.15, 0.2) is 41.2 Å². The Kier molecular flexibility index (Phi) is 4.68. The van der Waals surface area contributed by atoms with Crippen LogP contribution in [0.3, 0.4) is 0 Å². The van der Waals surface area contributed by atoms with Crippen LogP contribution in [-0.2, 0) is 6.54 Å². The van der Waals surface area contributed by atoms with Crippen molar-refractivity contribution in [2.45, 2.75) is 32.5 Å². The van der Waals surface area contributed by atoms with Gasteiger partial charge in [0.15, 0.2) is 0 Å². The van der Waals surface area contributed by atoms with Crippen LogP contribution in [0.5, 0.6) is 0 Å². The SMILES string of the molecule is CC(C)C1CN(Cc2cscn2)C(c2ccccc2)CN1. The van der Waals surface area contributed by atoms with E-state index in [2.05, 4.69) is 64.8 Å². The molecule has 2 heterocycles. The molecule has 1 fully saturated rings. The van der Waals surface area contributed by atoms with Crippen LogP contribution in [0.4, 0.5) is 0 Å². The van der Waals surface area contributed by atoms with Gasteiger partial charge >= 0.3 is 0 Å². The summed E-state index contributed by atoms with van der Waals surface area (Å²) < 4.78 is 0. The van der Waals surface area contributed by atoms with Gasteiger partial charge in [-0.15, -0.1) is 11.3 Å². The van der Waals surface area contributed by atoms with Crippen molar-refractivity contribution in [3.63, 3.8) is 0 Å². The average Bonchev–Trinajstić information content (AvgIpc) is 3.01. The van der Waals surface area contributed by atoms with Crippen molar-refractivity contribution < 1.29 is 0 Å². The van der Waals surface area contributed by atoms with Crippen LogP contribution < -0.4 is 5.32 Å². The molecule has 1 saturated heterocycles. The fourth-order valence-corrected chi connectivity index (χ4v) is 3.53. The molecular formula is C17H23N3S. The maximum Gasteiger partial charge on any atom is 0.0795 e. The first-order valence-electron chi connectivity index (χ1n) is 7.63. The lowest BCUT2D eigenvalue weighted by atomic mass is 9.96. The highest BCUT2D eigenvalue weighted by atomic mass is 32.1. The van der Waals surface area contributed by atoms with Gasteiger partial charge in [0, 0.05) is 37.1 Å². The van der Waals surface area contributed by atoms with E-state index in [4.69, 9.17) is 0 Å². The van der Waals surface area contributed by atoms with Gasteiger partial charge in [-0.3, -0.25) is 4.90 Å². The number of hydrogen-bond donors (Lipinski definition) is 1. The topological polar surface area (TPSA) is 28.2 Å². The Morgan fingerprint density at radius 1 is 1.33 bits per heavy atom. The van der Waals surface area contributed by atoms with E-state index < -0.39 is 0 Å². The molecule has 2 unspecified atom stereocenters. The Morgan fingerprint density at radius 3 is 2.81 bits per heavy atom. The molecule has 0 aliphatic carbocycles. The Hall–Kier alpha value is -1.23. The van der Waals surface area contributed by atoms with Gasteiger partial charge in [-0.1, -0.05) is 44.2 Å². The van der Waals surface area contributed by atoms with E-state index in [0.717, 1.165) is 19.6 Å². The molecule has 1 aromatic carbocycles. The number of aromatic nitrogens is 1. The van der Waals surface area contributed by atoms with Gasteiger partial charge in [0.2, 0.25) is 0 Å². The predicted molar refractivity (Wildman–Crippen MR) is 88.3 cm³/mol. The summed E-state index contributed by atoms with van der Waals surface area (Å²) in [6, 6.07) is 11.8. The summed E-state index contributed by atoms with van der Waals surface area (Å²) in [5.41, 5.74) is 4.50. The number of nitrogens with one attached hydrogen (secondary N) is 1. The molecule has 1 N–H and O–H groups in total. The fraction of sp³-hybridized carbons (Fsp3) is 0.471. The summed E-state index contributed by atoms with van der Waals surface area (Å²) in [4.78, 5) is 7.04. The molecule has 0 bridgehead atoms. The van der Waals surface area contributed by atoms with Crippen LogP contribution >= 0.6 is 11.3 Å². The largest absolute Gasteiger partial charge is 0.311 e. The second kappa shape index (κ2) is 6.69. The Labute approximate surface area is 131 Å². The molecule has 2 aromatic rings. The maximum absolute atomic E-state index is 4.46. The molecule has 4 heteroatoms. The van der Waals surface area contributed by atoms with Crippen LogP contribution in [0.1, 0.15) is 31.1 Å². The van der Waals surface area contributed by atoms with Gasteiger partial charge in [-0.25, -0.2) is 4.98 Å². The van der Waals surface area contributed by atoms with Crippen molar-refractivity contribution in [2.24, 2.45) is 5.92 Å². The van der Waals surface area contributed by atoms with Gasteiger partial charge in [0.1, 0.15) is 0 Å². The van der Waals surface area contributed by atoms with Gasteiger partial charge in [0.05, 0.1) is 11.2 Å². The molecule has 112 valence electrons. The predicted octanol–water partition coefficient (Wildman–Crippen LogP) is 3.31. The average molecular weight is 301 g/mol. The van der Waals surface area contributed by atoms with Crippen LogP contribution in [0, 0.1) is 5.92 Å². The zero-order chi connectivity index (χ0) is 14.7. The molecule has 2 atom stereocenters. The van der Waals surface area contributed by atoms with E-state index in [1.807, 2.05) is 5.51 Å². The number of thiazole rings is 1. The number of piperazine rings is 1. The van der Waals surface area contributed by atoms with Gasteiger partial charge in [-0.05, 0) is 11.5 Å². The lowest BCUT2D eigenvalue weighted by molar-refractivity contribution is 0.105. The molecule has 3 rings (SSSR count). The Bertz CT molecular complexity index is 538. The molecule has 1 aromatic heterocycles. The summed E-state index contributed by atoms with van der Waals surface area (Å²) >= 11 is 1.68. The number of benzene rings is 1. The minimum absolute atomic E-state index is 0.433. The Morgan fingerprint density at radius 2 is 2.14 bits per heavy atom. The summed E-state index contributed by atoms with van der Waals surface area (Å²) in [6.07, 6.45) is 0. The van der Waals surface area contributed by atoms with Crippen molar-refractivity contribution in [1.29, 1.82) is 0 Å². The third-order valence-electron chi connectivity index (χ3n) is 4.28. The van der Waals surface area contributed by atoms with E-state index in [9.17, 15) is 0 Å². The first-order valence-corrected chi connectivity index (χ1v) is 8.58. The van der Waals surface area contributed by atoms with Gasteiger partial charge in [0.25, 0.3) is 0 Å². The smallest absolute Gasteiger partial charge is 0.0795 e. The molecule has 0 spiro atoms. The lowest BCUT2D eigenvalue weighted by Crippen LogP contribution is -2.53. The molecule has 0 radical (unpaired) electrons. The molecule has 0 saturated carbocycles. The maximum atomic E-state index is 4.46. The number of nitrogens with zero attached hydrogens (tertiary/aromatic N) is 2. The van der Waals surface area contributed by atoms with Crippen molar-refractivity contribution in [1.82, 2.24) is 15.2 Å². The first kappa shape index (κ1) is 14.7. The van der Waals surface area contributed by atoms with Crippen molar-refractivity contribution in [3.8, 4) is 0 Å². The molecule has 1 aliphatic rings. The van der Waals surface area contributed by atoms with Gasteiger partial charge < -0.3 is 5.32 Å². The summed E-state index contributed by atoms with van der Waals surface area (Å²) in [5.74, 6) is 0.652. The third-order valence-corrected chi connectivity index (χ3v) is 4.92. The monoisotopic (exact) mass is 301 g/mol. The molecule has 0 amide bonds. The normalized spacial score (nSPS) is 23.6.